The molecule has 1 atom stereocenters. The molecule has 0 saturated carbocycles. The van der Waals surface area contributed by atoms with E-state index in [4.69, 9.17) is 11.6 Å². The zero-order valence-corrected chi connectivity index (χ0v) is 10.9. The van der Waals surface area contributed by atoms with Gasteiger partial charge in [-0.2, -0.15) is 13.2 Å². The quantitative estimate of drug-likeness (QED) is 0.926. The van der Waals surface area contributed by atoms with Crippen molar-refractivity contribution in [1.29, 1.82) is 0 Å². The minimum Gasteiger partial charge on any atom is -0.368 e. The summed E-state index contributed by atoms with van der Waals surface area (Å²) in [4.78, 5) is 9.31. The molecule has 1 aliphatic rings. The summed E-state index contributed by atoms with van der Waals surface area (Å²) in [7, 11) is 0. The van der Waals surface area contributed by atoms with Crippen LogP contribution in [0.2, 0.25) is 5.15 Å². The standard InChI is InChI=1S/C11H14ClF3N4/c12-9-4-16-5-10(18-9)17-3-8-1-2-19(6-8)7-11(13,14)15/h4-5,8H,1-3,6-7H2,(H,17,18). The van der Waals surface area contributed by atoms with Gasteiger partial charge >= 0.3 is 6.18 Å². The van der Waals surface area contributed by atoms with Crippen LogP contribution in [0.5, 0.6) is 0 Å². The van der Waals surface area contributed by atoms with Crippen molar-refractivity contribution in [2.24, 2.45) is 5.92 Å². The van der Waals surface area contributed by atoms with E-state index in [-0.39, 0.29) is 11.1 Å². The molecule has 0 spiro atoms. The summed E-state index contributed by atoms with van der Waals surface area (Å²) in [5.41, 5.74) is 0. The number of hydrogen-bond acceptors (Lipinski definition) is 4. The van der Waals surface area contributed by atoms with Gasteiger partial charge in [-0.15, -0.1) is 0 Å². The molecule has 4 nitrogen and oxygen atoms in total. The fourth-order valence-electron chi connectivity index (χ4n) is 2.15. The Kier molecular flexibility index (Phi) is 4.46. The first-order chi connectivity index (χ1) is 8.92. The first-order valence-corrected chi connectivity index (χ1v) is 6.31. The lowest BCUT2D eigenvalue weighted by atomic mass is 10.1. The Labute approximate surface area is 114 Å². The molecule has 1 aromatic heterocycles. The fourth-order valence-corrected chi connectivity index (χ4v) is 2.30. The van der Waals surface area contributed by atoms with E-state index >= 15 is 0 Å². The highest BCUT2D eigenvalue weighted by Gasteiger charge is 2.34. The normalized spacial score (nSPS) is 20.7. The topological polar surface area (TPSA) is 41.0 Å². The van der Waals surface area contributed by atoms with Crippen molar-refractivity contribution >= 4 is 17.4 Å². The molecule has 2 rings (SSSR count). The molecule has 1 aromatic rings. The predicted molar refractivity (Wildman–Crippen MR) is 66.1 cm³/mol. The molecule has 1 unspecified atom stereocenters. The third kappa shape index (κ3) is 4.83. The van der Waals surface area contributed by atoms with Crippen LogP contribution in [0.4, 0.5) is 19.0 Å². The summed E-state index contributed by atoms with van der Waals surface area (Å²) in [6.45, 7) is 0.664. The molecule has 1 saturated heterocycles. The lowest BCUT2D eigenvalue weighted by molar-refractivity contribution is -0.143. The summed E-state index contributed by atoms with van der Waals surface area (Å²) < 4.78 is 36.7. The number of nitrogens with zero attached hydrogens (tertiary/aromatic N) is 3. The van der Waals surface area contributed by atoms with Gasteiger partial charge in [0.2, 0.25) is 0 Å². The number of nitrogens with one attached hydrogen (secondary N) is 1. The van der Waals surface area contributed by atoms with E-state index in [1.165, 1.54) is 17.3 Å². The van der Waals surface area contributed by atoms with Gasteiger partial charge in [0.25, 0.3) is 0 Å². The van der Waals surface area contributed by atoms with E-state index < -0.39 is 12.7 Å². The zero-order chi connectivity index (χ0) is 13.9. The van der Waals surface area contributed by atoms with Gasteiger partial charge in [-0.1, -0.05) is 11.6 Å². The maximum Gasteiger partial charge on any atom is 0.401 e. The van der Waals surface area contributed by atoms with Gasteiger partial charge in [0.15, 0.2) is 0 Å². The van der Waals surface area contributed by atoms with E-state index in [0.29, 0.717) is 25.5 Å². The minimum atomic E-state index is -4.12. The van der Waals surface area contributed by atoms with Crippen molar-refractivity contribution in [1.82, 2.24) is 14.9 Å². The molecule has 0 radical (unpaired) electrons. The average molecular weight is 295 g/mol. The first kappa shape index (κ1) is 14.3. The van der Waals surface area contributed by atoms with Crippen LogP contribution >= 0.6 is 11.6 Å². The average Bonchev–Trinajstić information content (AvgIpc) is 2.72. The molecule has 8 heteroatoms. The highest BCUT2D eigenvalue weighted by Crippen LogP contribution is 2.23. The van der Waals surface area contributed by atoms with Crippen LogP contribution in [0.15, 0.2) is 12.4 Å². The number of alkyl halides is 3. The molecular formula is C11H14ClF3N4. The molecule has 1 aliphatic heterocycles. The van der Waals surface area contributed by atoms with Crippen molar-refractivity contribution in [3.8, 4) is 0 Å². The Morgan fingerprint density at radius 2 is 2.21 bits per heavy atom. The third-order valence-electron chi connectivity index (χ3n) is 2.95. The van der Waals surface area contributed by atoms with Crippen LogP contribution < -0.4 is 5.32 Å². The minimum absolute atomic E-state index is 0.183. The van der Waals surface area contributed by atoms with Gasteiger partial charge in [0.05, 0.1) is 18.9 Å². The maximum atomic E-state index is 12.2. The number of likely N-dealkylation sites (tertiary alicyclic amines) is 1. The number of rotatable bonds is 4. The molecule has 19 heavy (non-hydrogen) atoms. The van der Waals surface area contributed by atoms with Crippen LogP contribution in [0.1, 0.15) is 6.42 Å². The Bertz CT molecular complexity index is 427. The van der Waals surface area contributed by atoms with Gasteiger partial charge in [0, 0.05) is 13.1 Å². The van der Waals surface area contributed by atoms with E-state index in [1.54, 1.807) is 0 Å². The molecule has 0 aromatic carbocycles. The number of halogens is 4. The number of aromatic nitrogens is 2. The van der Waals surface area contributed by atoms with Gasteiger partial charge in [-0.05, 0) is 18.9 Å². The highest BCUT2D eigenvalue weighted by atomic mass is 35.5. The lowest BCUT2D eigenvalue weighted by Crippen LogP contribution is -2.33. The number of anilines is 1. The van der Waals surface area contributed by atoms with E-state index in [2.05, 4.69) is 15.3 Å². The van der Waals surface area contributed by atoms with Gasteiger partial charge in [-0.25, -0.2) is 4.98 Å². The SMILES string of the molecule is FC(F)(F)CN1CCC(CNc2cncc(Cl)n2)C1. The molecule has 0 bridgehead atoms. The van der Waals surface area contributed by atoms with E-state index in [0.717, 1.165) is 6.42 Å². The first-order valence-electron chi connectivity index (χ1n) is 5.93. The number of hydrogen-bond donors (Lipinski definition) is 1. The second-order valence-corrected chi connectivity index (χ2v) is 5.00. The fraction of sp³-hybridized carbons (Fsp3) is 0.636. The zero-order valence-electron chi connectivity index (χ0n) is 10.1. The van der Waals surface area contributed by atoms with Crippen LogP contribution in [0.3, 0.4) is 0 Å². The summed E-state index contributed by atoms with van der Waals surface area (Å²) in [6, 6.07) is 0. The van der Waals surface area contributed by atoms with E-state index in [1.807, 2.05) is 0 Å². The molecule has 0 aliphatic carbocycles. The van der Waals surface area contributed by atoms with Gasteiger partial charge < -0.3 is 5.32 Å². The molecular weight excluding hydrogens is 281 g/mol. The molecule has 0 amide bonds. The summed E-state index contributed by atoms with van der Waals surface area (Å²) in [5.74, 6) is 0.727. The highest BCUT2D eigenvalue weighted by molar-refractivity contribution is 6.29. The maximum absolute atomic E-state index is 12.2. The Morgan fingerprint density at radius 1 is 1.42 bits per heavy atom. The van der Waals surface area contributed by atoms with Gasteiger partial charge in [-0.3, -0.25) is 9.88 Å². The van der Waals surface area contributed by atoms with Crippen molar-refractivity contribution < 1.29 is 13.2 Å². The molecule has 1 N–H and O–H groups in total. The Hall–Kier alpha value is -1.08. The molecule has 1 fully saturated rings. The second kappa shape index (κ2) is 5.92. The van der Waals surface area contributed by atoms with Crippen LogP contribution in [-0.2, 0) is 0 Å². The van der Waals surface area contributed by atoms with Crippen molar-refractivity contribution in [2.45, 2.75) is 12.6 Å². The van der Waals surface area contributed by atoms with Crippen molar-refractivity contribution in [3.63, 3.8) is 0 Å². The van der Waals surface area contributed by atoms with Crippen LogP contribution in [0, 0.1) is 5.92 Å². The summed E-state index contributed by atoms with van der Waals surface area (Å²) in [5, 5.41) is 3.33. The second-order valence-electron chi connectivity index (χ2n) is 4.61. The Balaban J connectivity index is 1.76. The smallest absolute Gasteiger partial charge is 0.368 e. The van der Waals surface area contributed by atoms with Crippen LogP contribution in [-0.4, -0.2) is 47.2 Å². The van der Waals surface area contributed by atoms with Crippen LogP contribution in [0.25, 0.3) is 0 Å². The lowest BCUT2D eigenvalue weighted by Gasteiger charge is -2.18. The third-order valence-corrected chi connectivity index (χ3v) is 3.13. The van der Waals surface area contributed by atoms with Crippen molar-refractivity contribution in [3.05, 3.63) is 17.5 Å². The monoisotopic (exact) mass is 294 g/mol. The predicted octanol–water partition coefficient (Wildman–Crippen LogP) is 2.43. The summed E-state index contributed by atoms with van der Waals surface area (Å²) in [6.07, 6.45) is -0.417. The Morgan fingerprint density at radius 3 is 2.89 bits per heavy atom. The molecule has 106 valence electrons. The molecule has 2 heterocycles. The van der Waals surface area contributed by atoms with Crippen molar-refractivity contribution in [2.75, 3.05) is 31.5 Å². The van der Waals surface area contributed by atoms with Gasteiger partial charge in [0.1, 0.15) is 11.0 Å². The largest absolute Gasteiger partial charge is 0.401 e. The summed E-state index contributed by atoms with van der Waals surface area (Å²) >= 11 is 5.69. The van der Waals surface area contributed by atoms with E-state index in [9.17, 15) is 13.2 Å².